The van der Waals surface area contributed by atoms with Gasteiger partial charge in [-0.15, -0.1) is 23.4 Å². The van der Waals surface area contributed by atoms with Gasteiger partial charge in [0.2, 0.25) is 0 Å². The number of nitrogens with zero attached hydrogens (tertiary/aromatic N) is 1. The Kier molecular flexibility index (Phi) is 8.53. The molecule has 224 valence electrons. The Morgan fingerprint density at radius 2 is 1.70 bits per heavy atom. The second-order valence-corrected chi connectivity index (χ2v) is 12.8. The smallest absolute Gasteiger partial charge is 0.343 e. The number of hydrogen-bond donors (Lipinski definition) is 1. The molecule has 2 aliphatic rings. The molecule has 0 aromatic heterocycles. The number of fused-ring (bicyclic) bond motifs is 3. The van der Waals surface area contributed by atoms with Gasteiger partial charge in [-0.05, 0) is 72.0 Å². The summed E-state index contributed by atoms with van der Waals surface area (Å²) in [6.45, 7) is 0. The minimum absolute atomic E-state index is 0.0118. The van der Waals surface area contributed by atoms with E-state index in [9.17, 15) is 19.7 Å². The molecule has 1 aliphatic carbocycles. The molecule has 1 saturated carbocycles. The summed E-state index contributed by atoms with van der Waals surface area (Å²) in [6, 6.07) is 25.9. The first-order valence-electron chi connectivity index (χ1n) is 13.8. The lowest BCUT2D eigenvalue weighted by Gasteiger charge is -2.38. The summed E-state index contributed by atoms with van der Waals surface area (Å²) in [7, 11) is 1.26. The topological polar surface area (TPSA) is 108 Å². The Bertz CT molecular complexity index is 1750. The normalized spacial score (nSPS) is 21.8. The number of rotatable bonds is 7. The Hall–Kier alpha value is -4.05. The van der Waals surface area contributed by atoms with Gasteiger partial charge in [-0.25, -0.2) is 9.59 Å². The van der Waals surface area contributed by atoms with Crippen LogP contribution in [0.15, 0.2) is 95.9 Å². The maximum atomic E-state index is 13.4. The van der Waals surface area contributed by atoms with Crippen molar-refractivity contribution in [3.05, 3.63) is 128 Å². The van der Waals surface area contributed by atoms with Crippen molar-refractivity contribution in [1.29, 1.82) is 0 Å². The highest BCUT2D eigenvalue weighted by atomic mass is 35.5. The zero-order chi connectivity index (χ0) is 31.0. The van der Waals surface area contributed by atoms with Crippen molar-refractivity contribution >= 4 is 58.3 Å². The number of nitro benzene ring substituents is 1. The highest BCUT2D eigenvalue weighted by Crippen LogP contribution is 2.58. The molecule has 4 aromatic rings. The van der Waals surface area contributed by atoms with Crippen LogP contribution in [-0.2, 0) is 4.74 Å². The molecule has 0 bridgehead atoms. The molecule has 1 heterocycles. The number of alkyl halides is 1. The number of ether oxygens (including phenoxy) is 2. The van der Waals surface area contributed by atoms with Crippen molar-refractivity contribution in [3.8, 4) is 5.75 Å². The van der Waals surface area contributed by atoms with Crippen molar-refractivity contribution in [2.45, 2.75) is 33.9 Å². The van der Waals surface area contributed by atoms with Crippen LogP contribution in [0, 0.1) is 16.0 Å². The van der Waals surface area contributed by atoms with E-state index in [1.807, 2.05) is 30.3 Å². The summed E-state index contributed by atoms with van der Waals surface area (Å²) < 4.78 is 10.5. The monoisotopic (exact) mass is 648 g/mol. The number of esters is 2. The fraction of sp³-hybridized carbons (Fsp3) is 0.212. The van der Waals surface area contributed by atoms with Crippen molar-refractivity contribution in [2.24, 2.45) is 5.92 Å². The average Bonchev–Trinajstić information content (AvgIpc) is 3.36. The lowest BCUT2D eigenvalue weighted by molar-refractivity contribution is -0.387. The van der Waals surface area contributed by atoms with Gasteiger partial charge in [0.25, 0.3) is 5.69 Å². The van der Waals surface area contributed by atoms with Crippen LogP contribution in [0.5, 0.6) is 5.75 Å². The molecule has 1 fully saturated rings. The molecule has 0 unspecified atom stereocenters. The van der Waals surface area contributed by atoms with Crippen LogP contribution in [0.3, 0.4) is 0 Å². The van der Waals surface area contributed by atoms with Gasteiger partial charge < -0.3 is 14.8 Å². The Morgan fingerprint density at radius 3 is 2.45 bits per heavy atom. The summed E-state index contributed by atoms with van der Waals surface area (Å²) in [5, 5.41) is 15.5. The lowest BCUT2D eigenvalue weighted by atomic mass is 9.77. The molecule has 1 N–H and O–H groups in total. The number of anilines is 1. The molecule has 1 aliphatic heterocycles. The Balaban J connectivity index is 1.35. The van der Waals surface area contributed by atoms with Crippen LogP contribution < -0.4 is 10.1 Å². The van der Waals surface area contributed by atoms with Gasteiger partial charge in [-0.3, -0.25) is 10.1 Å². The van der Waals surface area contributed by atoms with Crippen LogP contribution >= 0.6 is 35.0 Å². The van der Waals surface area contributed by atoms with E-state index in [0.29, 0.717) is 21.9 Å². The number of nitro groups is 1. The largest absolute Gasteiger partial charge is 0.465 e. The van der Waals surface area contributed by atoms with E-state index in [0.717, 1.165) is 16.8 Å². The van der Waals surface area contributed by atoms with Gasteiger partial charge >= 0.3 is 11.9 Å². The van der Waals surface area contributed by atoms with Gasteiger partial charge in [0.15, 0.2) is 0 Å². The predicted molar refractivity (Wildman–Crippen MR) is 170 cm³/mol. The number of carbonyl (C=O) groups excluding carboxylic acids is 2. The van der Waals surface area contributed by atoms with E-state index in [4.69, 9.17) is 32.7 Å². The number of para-hydroxylation sites is 2. The fourth-order valence-corrected chi connectivity index (χ4v) is 8.18. The van der Waals surface area contributed by atoms with E-state index in [-0.39, 0.29) is 45.1 Å². The molecule has 4 aromatic carbocycles. The Labute approximate surface area is 267 Å². The van der Waals surface area contributed by atoms with E-state index in [1.54, 1.807) is 42.5 Å². The van der Waals surface area contributed by atoms with Gasteiger partial charge in [-0.1, -0.05) is 48.0 Å². The lowest BCUT2D eigenvalue weighted by Crippen LogP contribution is -2.31. The van der Waals surface area contributed by atoms with E-state index < -0.39 is 17.3 Å². The number of hydrogen-bond acceptors (Lipinski definition) is 8. The minimum Gasteiger partial charge on any atom is -0.465 e. The molecule has 6 rings (SSSR count). The van der Waals surface area contributed by atoms with Crippen molar-refractivity contribution < 1.29 is 24.0 Å². The average molecular weight is 650 g/mol. The molecule has 8 nitrogen and oxygen atoms in total. The maximum absolute atomic E-state index is 13.4. The van der Waals surface area contributed by atoms with Crippen molar-refractivity contribution in [3.63, 3.8) is 0 Å². The number of halogens is 2. The van der Waals surface area contributed by atoms with Gasteiger partial charge in [-0.2, -0.15) is 0 Å². The van der Waals surface area contributed by atoms with E-state index in [1.165, 1.54) is 37.1 Å². The quantitative estimate of drug-likeness (QED) is 0.0701. The number of methoxy groups -OCH3 is 1. The highest BCUT2D eigenvalue weighted by molar-refractivity contribution is 8.00. The zero-order valence-corrected chi connectivity index (χ0v) is 25.6. The number of thioether (sulfide) groups is 1. The molecule has 0 radical (unpaired) electrons. The van der Waals surface area contributed by atoms with Crippen LogP contribution in [0.25, 0.3) is 0 Å². The van der Waals surface area contributed by atoms with E-state index in [2.05, 4.69) is 5.32 Å². The van der Waals surface area contributed by atoms with Gasteiger partial charge in [0, 0.05) is 27.9 Å². The molecular formula is C33H26Cl2N2O6S. The van der Waals surface area contributed by atoms with Gasteiger partial charge in [0.1, 0.15) is 11.3 Å². The number of nitrogens with one attached hydrogen (secondary N) is 1. The summed E-state index contributed by atoms with van der Waals surface area (Å²) in [4.78, 5) is 37.5. The number of carbonyl (C=O) groups is 2. The molecular weight excluding hydrogens is 623 g/mol. The zero-order valence-electron chi connectivity index (χ0n) is 23.3. The molecule has 0 saturated heterocycles. The fourth-order valence-electron chi connectivity index (χ4n) is 6.11. The summed E-state index contributed by atoms with van der Waals surface area (Å²) in [5.41, 5.74) is 3.22. The highest BCUT2D eigenvalue weighted by Gasteiger charge is 2.50. The summed E-state index contributed by atoms with van der Waals surface area (Å²) in [6.07, 6.45) is 0.677. The second kappa shape index (κ2) is 12.5. The third-order valence-electron chi connectivity index (χ3n) is 8.11. The van der Waals surface area contributed by atoms with Crippen molar-refractivity contribution in [2.75, 3.05) is 12.4 Å². The minimum atomic E-state index is -0.629. The molecule has 0 spiro atoms. The summed E-state index contributed by atoms with van der Waals surface area (Å²) >= 11 is 14.9. The molecule has 44 heavy (non-hydrogen) atoms. The maximum Gasteiger partial charge on any atom is 0.343 e. The predicted octanol–water partition coefficient (Wildman–Crippen LogP) is 8.29. The summed E-state index contributed by atoms with van der Waals surface area (Å²) in [5.74, 6) is -1.31. The van der Waals surface area contributed by atoms with E-state index >= 15 is 0 Å². The van der Waals surface area contributed by atoms with Crippen LogP contribution in [-0.4, -0.2) is 34.6 Å². The molecule has 5 atom stereocenters. The third-order valence-corrected chi connectivity index (χ3v) is 10.5. The van der Waals surface area contributed by atoms with Crippen molar-refractivity contribution in [1.82, 2.24) is 0 Å². The first-order valence-corrected chi connectivity index (χ1v) is 15.5. The first-order chi connectivity index (χ1) is 21.2. The molecule has 11 heteroatoms. The third kappa shape index (κ3) is 5.75. The first kappa shape index (κ1) is 30.0. The second-order valence-electron chi connectivity index (χ2n) is 10.6. The Morgan fingerprint density at radius 1 is 0.977 bits per heavy atom. The van der Waals surface area contributed by atoms with Crippen LogP contribution in [0.2, 0.25) is 5.02 Å². The van der Waals surface area contributed by atoms with Gasteiger partial charge in [0.05, 0.1) is 33.9 Å². The molecule has 0 amide bonds. The standard InChI is InChI=1S/C33H26Cl2N2O6S/c1-42-33(39)21-6-2-4-8-26(21)43-32(38)19-12-15-24-22(16-19)29-23(31(36-24)18-10-13-20(34)14-11-18)17-28(30(29)35)44-27-9-5-3-7-25(27)37(40)41/h2-16,23,28-31,36H,17H2,1H3/t23-,28-,29+,30-,31-/m0/s1. The number of benzene rings is 4. The van der Waals surface area contributed by atoms with Crippen LogP contribution in [0.4, 0.5) is 11.4 Å². The van der Waals surface area contributed by atoms with Crippen LogP contribution in [0.1, 0.15) is 50.2 Å². The SMILES string of the molecule is COC(=O)c1ccccc1OC(=O)c1ccc2c(c1)[C@H]1[C@@H](Cl)[C@@H](Sc3ccccc3[N+](=O)[O-])C[C@@H]1[C@H](c1ccc(Cl)cc1)N2.